The number of nitrogens with one attached hydrogen (secondary N) is 3. The molecule has 34 atom stereocenters. The molecular weight excluding hydrogens is 1180 g/mol. The van der Waals surface area contributed by atoms with Crippen LogP contribution in [0.25, 0.3) is 0 Å². The monoisotopic (exact) mass is 1260 g/mol. The molecule has 0 radical (unpaired) electrons. The molecule has 6 aliphatic rings. The van der Waals surface area contributed by atoms with Crippen molar-refractivity contribution in [3.05, 3.63) is 0 Å². The van der Waals surface area contributed by atoms with Crippen LogP contribution < -0.4 is 16.0 Å². The standard InChI is InChI=1S/C48H83N3O35/c1-12-25(62)31(68)34(71)45(76-12)83-39-22(10-57)81-44(24(51-15(4)60)41(39)85-47-36(73)33(70)28(65)19(7-54)79-47)86-42-30(67)21(9-56)80-48(37(42)74)82-38(16(5-52)49-13(2)58)26(63)17(61)11-75-43-23(50-14(3)59)40(29(66)20(8-55)77-43)84-46-35(72)32(69)27(64)18(6-53)78-46/h12,16-48,52-57,61-74H,5-11H2,1-4H3,(H,49,58)(H,50,59)(H,51,60)/t12-,16-,17+,18+,19+,20+,21+,22+,23+,24+,25+,26-,27-,28-,29+,30-,31+,32-,33-,34-,35+,36+,37+,38+,39+,40+,41+,42-,43+,44-,45-,46-,47-,48-/m0/s1. The number of hydrogen-bond acceptors (Lipinski definition) is 35. The molecule has 0 aromatic carbocycles. The average Bonchev–Trinajstić information content (AvgIpc) is 1.03. The minimum atomic E-state index is -2.40. The summed E-state index contributed by atoms with van der Waals surface area (Å²) in [6.07, 6.45) is -60.7. The Morgan fingerprint density at radius 3 is 1.29 bits per heavy atom. The van der Waals surface area contributed by atoms with Gasteiger partial charge < -0.3 is 175 Å². The number of rotatable bonds is 25. The Hall–Kier alpha value is -2.87. The lowest BCUT2D eigenvalue weighted by Gasteiger charge is -2.51. The van der Waals surface area contributed by atoms with Gasteiger partial charge in [-0.2, -0.15) is 0 Å². The fourth-order valence-corrected chi connectivity index (χ4v) is 10.6. The van der Waals surface area contributed by atoms with E-state index >= 15 is 0 Å². The molecule has 0 bridgehead atoms. The molecule has 0 spiro atoms. The molecule has 38 heteroatoms. The molecule has 3 amide bonds. The second-order valence-electron chi connectivity index (χ2n) is 21.6. The highest BCUT2D eigenvalue weighted by atomic mass is 16.8. The van der Waals surface area contributed by atoms with E-state index in [-0.39, 0.29) is 0 Å². The maximum absolute atomic E-state index is 13.1. The van der Waals surface area contributed by atoms with Gasteiger partial charge in [-0.3, -0.25) is 14.4 Å². The molecule has 6 fully saturated rings. The van der Waals surface area contributed by atoms with Gasteiger partial charge in [-0.15, -0.1) is 0 Å². The van der Waals surface area contributed by atoms with E-state index in [0.29, 0.717) is 0 Å². The minimum absolute atomic E-state index is 0.837. The Morgan fingerprint density at radius 2 is 0.814 bits per heavy atom. The smallest absolute Gasteiger partial charge is 0.217 e. The maximum atomic E-state index is 13.1. The van der Waals surface area contributed by atoms with Gasteiger partial charge in [-0.25, -0.2) is 0 Å². The van der Waals surface area contributed by atoms with Gasteiger partial charge in [0.2, 0.25) is 17.7 Å². The third kappa shape index (κ3) is 16.4. The van der Waals surface area contributed by atoms with E-state index in [1.165, 1.54) is 6.92 Å². The van der Waals surface area contributed by atoms with Gasteiger partial charge in [0.25, 0.3) is 0 Å². The van der Waals surface area contributed by atoms with Crippen LogP contribution >= 0.6 is 0 Å². The molecule has 86 heavy (non-hydrogen) atoms. The van der Waals surface area contributed by atoms with E-state index in [4.69, 9.17) is 56.8 Å². The molecule has 0 unspecified atom stereocenters. The Morgan fingerprint density at radius 1 is 0.419 bits per heavy atom. The van der Waals surface area contributed by atoms with Crippen LogP contribution in [0, 0.1) is 0 Å². The van der Waals surface area contributed by atoms with Crippen molar-refractivity contribution < 1.29 is 173 Å². The largest absolute Gasteiger partial charge is 0.394 e. The van der Waals surface area contributed by atoms with Crippen molar-refractivity contribution in [2.45, 2.75) is 236 Å². The van der Waals surface area contributed by atoms with E-state index in [1.807, 2.05) is 0 Å². The van der Waals surface area contributed by atoms with Gasteiger partial charge in [0.05, 0.1) is 58.4 Å². The first kappa shape index (κ1) is 72.2. The molecule has 6 heterocycles. The summed E-state index contributed by atoms with van der Waals surface area (Å²) < 4.78 is 69.8. The number of ether oxygens (including phenoxy) is 12. The van der Waals surface area contributed by atoms with Gasteiger partial charge in [-0.1, -0.05) is 0 Å². The molecule has 0 aromatic heterocycles. The number of carbonyl (C=O) groups excluding carboxylic acids is 3. The summed E-state index contributed by atoms with van der Waals surface area (Å²) in [4.78, 5) is 38.2. The van der Waals surface area contributed by atoms with Crippen molar-refractivity contribution in [3.8, 4) is 0 Å². The predicted octanol–water partition coefficient (Wildman–Crippen LogP) is -15.2. The Bertz CT molecular complexity index is 2110. The highest BCUT2D eigenvalue weighted by molar-refractivity contribution is 5.74. The van der Waals surface area contributed by atoms with Gasteiger partial charge in [0.15, 0.2) is 37.7 Å². The van der Waals surface area contributed by atoms with Gasteiger partial charge >= 0.3 is 0 Å². The van der Waals surface area contributed by atoms with E-state index in [1.54, 1.807) is 0 Å². The normalized spacial score (nSPS) is 45.5. The summed E-state index contributed by atoms with van der Waals surface area (Å²) in [7, 11) is 0. The van der Waals surface area contributed by atoms with Crippen LogP contribution in [0.5, 0.6) is 0 Å². The van der Waals surface area contributed by atoms with E-state index in [2.05, 4.69) is 16.0 Å². The van der Waals surface area contributed by atoms with Crippen molar-refractivity contribution >= 4 is 17.7 Å². The molecular formula is C48H83N3O35. The number of carbonyl (C=O) groups is 3. The van der Waals surface area contributed by atoms with Crippen molar-refractivity contribution in [1.29, 1.82) is 0 Å². The summed E-state index contributed by atoms with van der Waals surface area (Å²) in [6, 6.07) is -5.36. The molecule has 6 aliphatic heterocycles. The minimum Gasteiger partial charge on any atom is -0.394 e. The summed E-state index contributed by atoms with van der Waals surface area (Å²) in [5, 5.41) is 223. The van der Waals surface area contributed by atoms with Crippen molar-refractivity contribution in [2.75, 3.05) is 46.2 Å². The van der Waals surface area contributed by atoms with Crippen LogP contribution in [0.15, 0.2) is 0 Å². The van der Waals surface area contributed by atoms with Crippen LogP contribution in [-0.2, 0) is 71.2 Å². The van der Waals surface area contributed by atoms with Crippen LogP contribution in [0.2, 0.25) is 0 Å². The first-order valence-corrected chi connectivity index (χ1v) is 27.4. The van der Waals surface area contributed by atoms with Crippen molar-refractivity contribution in [3.63, 3.8) is 0 Å². The SMILES string of the molecule is CC(=O)N[C@H]1[C@H](O[C@H]2[C@@H](O)[C@@H](CO)O[C@@H](O[C@@H]([C@@H](O)[C@H](O)CO[C@@H]3O[C@H](CO)[C@@H](O)[C@H](O[C@@H]4O[C@H](CO)[C@H](O)[C@H](O)[C@H]4O)[C@H]3NC(C)=O)[C@H](CO)NC(C)=O)[C@@H]2O)O[C@H](CO)[C@@H](O[C@@H]2O[C@@H](C)[C@@H](O)[C@@H](O)[C@@H]2O)[C@@H]1O[C@@H]1O[C@H](CO)[C@H](O)[C@H](O)[C@H]1O. The van der Waals surface area contributed by atoms with Crippen LogP contribution in [0.3, 0.4) is 0 Å². The summed E-state index contributed by atoms with van der Waals surface area (Å²) in [5.74, 6) is -2.65. The maximum Gasteiger partial charge on any atom is 0.217 e. The van der Waals surface area contributed by atoms with Crippen LogP contribution in [-0.4, -0.2) is 375 Å². The zero-order chi connectivity index (χ0) is 63.9. The molecule has 23 N–H and O–H groups in total. The lowest BCUT2D eigenvalue weighted by atomic mass is 9.93. The summed E-state index contributed by atoms with van der Waals surface area (Å²) in [5.41, 5.74) is 0. The Balaban J connectivity index is 1.29. The number of aliphatic hydroxyl groups excluding tert-OH is 20. The zero-order valence-corrected chi connectivity index (χ0v) is 46.6. The first-order chi connectivity index (χ1) is 40.6. The van der Waals surface area contributed by atoms with E-state index < -0.39 is 272 Å². The molecule has 0 aromatic rings. The van der Waals surface area contributed by atoms with Crippen LogP contribution in [0.4, 0.5) is 0 Å². The van der Waals surface area contributed by atoms with Crippen LogP contribution in [0.1, 0.15) is 27.7 Å². The lowest BCUT2D eigenvalue weighted by Crippen LogP contribution is -2.71. The van der Waals surface area contributed by atoms with E-state index in [9.17, 15) is 117 Å². The molecule has 38 nitrogen and oxygen atoms in total. The fraction of sp³-hybridized carbons (Fsp3) is 0.938. The quantitative estimate of drug-likeness (QED) is 0.0404. The molecule has 0 aliphatic carbocycles. The van der Waals surface area contributed by atoms with Gasteiger partial charge in [-0.05, 0) is 6.92 Å². The highest BCUT2D eigenvalue weighted by Crippen LogP contribution is 2.37. The first-order valence-electron chi connectivity index (χ1n) is 27.4. The molecule has 0 saturated carbocycles. The molecule has 500 valence electrons. The Kier molecular flexibility index (Phi) is 26.8. The van der Waals surface area contributed by atoms with E-state index in [0.717, 1.165) is 20.8 Å². The second kappa shape index (κ2) is 31.9. The lowest BCUT2D eigenvalue weighted by molar-refractivity contribution is -0.387. The Labute approximate surface area is 488 Å². The average molecular weight is 1260 g/mol. The molecule has 6 saturated heterocycles. The van der Waals surface area contributed by atoms with Gasteiger partial charge in [0.1, 0.15) is 159 Å². The van der Waals surface area contributed by atoms with Gasteiger partial charge in [0, 0.05) is 20.8 Å². The second-order valence-corrected chi connectivity index (χ2v) is 21.6. The number of hydrogen-bond donors (Lipinski definition) is 23. The summed E-state index contributed by atoms with van der Waals surface area (Å²) >= 11 is 0. The third-order valence-electron chi connectivity index (χ3n) is 15.3. The number of amides is 3. The zero-order valence-electron chi connectivity index (χ0n) is 46.6. The predicted molar refractivity (Wildman–Crippen MR) is 267 cm³/mol. The van der Waals surface area contributed by atoms with Crippen molar-refractivity contribution in [2.24, 2.45) is 0 Å². The number of aliphatic hydroxyl groups is 20. The highest BCUT2D eigenvalue weighted by Gasteiger charge is 2.58. The topological polar surface area (TPSA) is 603 Å². The van der Waals surface area contributed by atoms with Crippen molar-refractivity contribution in [1.82, 2.24) is 16.0 Å². The summed E-state index contributed by atoms with van der Waals surface area (Å²) in [6.45, 7) is -3.08. The molecule has 6 rings (SSSR count). The third-order valence-corrected chi connectivity index (χ3v) is 15.3. The fourth-order valence-electron chi connectivity index (χ4n) is 10.6.